The molecule has 24 heavy (non-hydrogen) atoms. The average molecular weight is 341 g/mol. The van der Waals surface area contributed by atoms with Crippen LogP contribution in [0.3, 0.4) is 0 Å². The number of benzene rings is 2. The Kier molecular flexibility index (Phi) is 6.14. The molecule has 0 fully saturated rings. The minimum atomic E-state index is -2.44. The fraction of sp³-hybridized carbons (Fsp3) is 0.381. The summed E-state index contributed by atoms with van der Waals surface area (Å²) in [6.07, 6.45) is 1.77. The summed E-state index contributed by atoms with van der Waals surface area (Å²) < 4.78 is 6.72. The lowest BCUT2D eigenvalue weighted by Crippen LogP contribution is -2.66. The fourth-order valence-electron chi connectivity index (χ4n) is 3.23. The summed E-state index contributed by atoms with van der Waals surface area (Å²) in [4.78, 5) is 11.0. The van der Waals surface area contributed by atoms with Crippen LogP contribution < -0.4 is 10.4 Å². The molecule has 2 nitrogen and oxygen atoms in total. The highest BCUT2D eigenvalue weighted by atomic mass is 28.4. The maximum absolute atomic E-state index is 11.0. The van der Waals surface area contributed by atoms with E-state index in [0.29, 0.717) is 6.61 Å². The van der Waals surface area contributed by atoms with Crippen LogP contribution in [0, 0.1) is 5.92 Å². The second kappa shape index (κ2) is 7.91. The van der Waals surface area contributed by atoms with E-state index in [1.165, 1.54) is 10.4 Å². The van der Waals surface area contributed by atoms with Gasteiger partial charge in [0.2, 0.25) is 0 Å². The van der Waals surface area contributed by atoms with Gasteiger partial charge in [0.25, 0.3) is 8.32 Å². The maximum atomic E-state index is 11.0. The molecular formula is C21H28O2Si. The van der Waals surface area contributed by atoms with Gasteiger partial charge in [-0.2, -0.15) is 0 Å². The van der Waals surface area contributed by atoms with Crippen molar-refractivity contribution in [2.75, 3.05) is 6.61 Å². The average Bonchev–Trinajstić information content (AvgIpc) is 2.59. The van der Waals surface area contributed by atoms with E-state index in [4.69, 9.17) is 4.43 Å². The third-order valence-electron chi connectivity index (χ3n) is 4.54. The molecule has 2 rings (SSSR count). The zero-order valence-electron chi connectivity index (χ0n) is 15.2. The SMILES string of the molecule is C[C@H](C=O)CCO[Si](c1ccccc1)(c1ccccc1)C(C)(C)C. The minimum Gasteiger partial charge on any atom is -0.407 e. The van der Waals surface area contributed by atoms with Crippen LogP contribution in [0.5, 0.6) is 0 Å². The summed E-state index contributed by atoms with van der Waals surface area (Å²) in [6.45, 7) is 9.35. The summed E-state index contributed by atoms with van der Waals surface area (Å²) in [5.74, 6) is 0.0308. The van der Waals surface area contributed by atoms with Crippen LogP contribution in [0.4, 0.5) is 0 Å². The van der Waals surface area contributed by atoms with Crippen molar-refractivity contribution >= 4 is 25.0 Å². The summed E-state index contributed by atoms with van der Waals surface area (Å²) in [5, 5.41) is 2.55. The van der Waals surface area contributed by atoms with Gasteiger partial charge in [-0.1, -0.05) is 88.4 Å². The van der Waals surface area contributed by atoms with Crippen molar-refractivity contribution in [1.29, 1.82) is 0 Å². The van der Waals surface area contributed by atoms with E-state index in [-0.39, 0.29) is 11.0 Å². The highest BCUT2D eigenvalue weighted by molar-refractivity contribution is 6.99. The predicted molar refractivity (Wildman–Crippen MR) is 103 cm³/mol. The molecule has 0 radical (unpaired) electrons. The Morgan fingerprint density at radius 2 is 1.42 bits per heavy atom. The van der Waals surface area contributed by atoms with Crippen LogP contribution in [0.2, 0.25) is 5.04 Å². The zero-order valence-corrected chi connectivity index (χ0v) is 16.2. The first-order valence-electron chi connectivity index (χ1n) is 8.62. The summed E-state index contributed by atoms with van der Waals surface area (Å²) >= 11 is 0. The van der Waals surface area contributed by atoms with Gasteiger partial charge in [-0.25, -0.2) is 0 Å². The van der Waals surface area contributed by atoms with Crippen molar-refractivity contribution in [3.63, 3.8) is 0 Å². The smallest absolute Gasteiger partial charge is 0.261 e. The molecule has 0 spiro atoms. The van der Waals surface area contributed by atoms with E-state index < -0.39 is 8.32 Å². The monoisotopic (exact) mass is 340 g/mol. The van der Waals surface area contributed by atoms with Crippen LogP contribution in [-0.2, 0) is 9.22 Å². The van der Waals surface area contributed by atoms with Gasteiger partial charge in [-0.3, -0.25) is 0 Å². The number of hydrogen-bond acceptors (Lipinski definition) is 2. The molecule has 1 atom stereocenters. The van der Waals surface area contributed by atoms with Crippen LogP contribution >= 0.6 is 0 Å². The summed E-state index contributed by atoms with van der Waals surface area (Å²) in [7, 11) is -2.44. The molecule has 0 saturated carbocycles. The highest BCUT2D eigenvalue weighted by Gasteiger charge is 2.49. The van der Waals surface area contributed by atoms with Crippen molar-refractivity contribution < 1.29 is 9.22 Å². The molecule has 0 saturated heterocycles. The first kappa shape index (κ1) is 18.6. The topological polar surface area (TPSA) is 26.3 Å². The van der Waals surface area contributed by atoms with Gasteiger partial charge in [-0.05, 0) is 21.8 Å². The van der Waals surface area contributed by atoms with Crippen molar-refractivity contribution in [3.8, 4) is 0 Å². The van der Waals surface area contributed by atoms with Crippen LogP contribution in [0.15, 0.2) is 60.7 Å². The van der Waals surface area contributed by atoms with Gasteiger partial charge < -0.3 is 9.22 Å². The number of hydrogen-bond donors (Lipinski definition) is 0. The van der Waals surface area contributed by atoms with Gasteiger partial charge in [0, 0.05) is 12.5 Å². The Hall–Kier alpha value is -1.71. The molecule has 0 unspecified atom stereocenters. The van der Waals surface area contributed by atoms with Crippen molar-refractivity contribution in [1.82, 2.24) is 0 Å². The lowest BCUT2D eigenvalue weighted by molar-refractivity contribution is -0.111. The van der Waals surface area contributed by atoms with Crippen molar-refractivity contribution in [2.24, 2.45) is 5.92 Å². The van der Waals surface area contributed by atoms with Crippen LogP contribution in [-0.4, -0.2) is 21.2 Å². The van der Waals surface area contributed by atoms with Crippen molar-refractivity contribution in [2.45, 2.75) is 39.2 Å². The molecular weight excluding hydrogens is 312 g/mol. The number of aldehydes is 1. The number of rotatable bonds is 7. The molecule has 3 heteroatoms. The van der Waals surface area contributed by atoms with Crippen molar-refractivity contribution in [3.05, 3.63) is 60.7 Å². The quantitative estimate of drug-likeness (QED) is 0.566. The second-order valence-electron chi connectivity index (χ2n) is 7.41. The molecule has 2 aromatic carbocycles. The Morgan fingerprint density at radius 3 is 1.79 bits per heavy atom. The standard InChI is InChI=1S/C21H28O2Si/c1-18(17-22)15-16-23-24(21(2,3)4,19-11-7-5-8-12-19)20-13-9-6-10-14-20/h5-14,17-18H,15-16H2,1-4H3/t18-/m0/s1. The first-order chi connectivity index (χ1) is 11.4. The number of carbonyl (C=O) groups excluding carboxylic acids is 1. The Balaban J connectivity index is 2.51. The van der Waals surface area contributed by atoms with Crippen LogP contribution in [0.25, 0.3) is 0 Å². The maximum Gasteiger partial charge on any atom is 0.261 e. The molecule has 2 aromatic rings. The lowest BCUT2D eigenvalue weighted by Gasteiger charge is -2.43. The molecule has 128 valence electrons. The van der Waals surface area contributed by atoms with Gasteiger partial charge in [0.15, 0.2) is 0 Å². The van der Waals surface area contributed by atoms with Gasteiger partial charge in [0.1, 0.15) is 6.29 Å². The van der Waals surface area contributed by atoms with E-state index in [2.05, 4.69) is 69.3 Å². The van der Waals surface area contributed by atoms with E-state index >= 15 is 0 Å². The third kappa shape index (κ3) is 3.85. The van der Waals surface area contributed by atoms with Gasteiger partial charge >= 0.3 is 0 Å². The summed E-state index contributed by atoms with van der Waals surface area (Å²) in [5.41, 5.74) is 0. The molecule has 0 aromatic heterocycles. The molecule has 0 aliphatic rings. The fourth-order valence-corrected chi connectivity index (χ4v) is 7.81. The Labute approximate surface area is 147 Å². The first-order valence-corrected chi connectivity index (χ1v) is 10.5. The second-order valence-corrected chi connectivity index (χ2v) is 11.7. The largest absolute Gasteiger partial charge is 0.407 e. The third-order valence-corrected chi connectivity index (χ3v) is 9.58. The zero-order chi connectivity index (χ0) is 17.6. The molecule has 0 N–H and O–H groups in total. The Bertz CT molecular complexity index is 592. The van der Waals surface area contributed by atoms with E-state index in [0.717, 1.165) is 12.7 Å². The minimum absolute atomic E-state index is 0.0138. The Morgan fingerprint density at radius 1 is 0.958 bits per heavy atom. The molecule has 0 aliphatic heterocycles. The molecule has 0 bridgehead atoms. The highest BCUT2D eigenvalue weighted by Crippen LogP contribution is 2.36. The predicted octanol–water partition coefficient (Wildman–Crippen LogP) is 3.79. The molecule has 0 aliphatic carbocycles. The lowest BCUT2D eigenvalue weighted by atomic mass is 10.1. The van der Waals surface area contributed by atoms with E-state index in [1.807, 2.05) is 19.1 Å². The molecule has 0 amide bonds. The normalized spacial score (nSPS) is 13.5. The number of carbonyl (C=O) groups is 1. The molecule has 0 heterocycles. The van der Waals surface area contributed by atoms with E-state index in [9.17, 15) is 4.79 Å². The van der Waals surface area contributed by atoms with Gasteiger partial charge in [0.05, 0.1) is 0 Å². The van der Waals surface area contributed by atoms with Gasteiger partial charge in [-0.15, -0.1) is 0 Å². The van der Waals surface area contributed by atoms with Crippen LogP contribution in [0.1, 0.15) is 34.1 Å². The van der Waals surface area contributed by atoms with E-state index in [1.54, 1.807) is 0 Å². The summed E-state index contributed by atoms with van der Waals surface area (Å²) in [6, 6.07) is 21.2.